The van der Waals surface area contributed by atoms with Gasteiger partial charge in [-0.1, -0.05) is 0 Å². The van der Waals surface area contributed by atoms with Gasteiger partial charge in [0.25, 0.3) is 0 Å². The summed E-state index contributed by atoms with van der Waals surface area (Å²) in [4.78, 5) is 9.49. The first-order valence-corrected chi connectivity index (χ1v) is 6.45. The number of hydrogen-bond donors (Lipinski definition) is 1. The zero-order valence-corrected chi connectivity index (χ0v) is 11.2. The van der Waals surface area contributed by atoms with Crippen molar-refractivity contribution in [1.82, 2.24) is 9.97 Å². The predicted molar refractivity (Wildman–Crippen MR) is 71.1 cm³/mol. The van der Waals surface area contributed by atoms with Crippen molar-refractivity contribution < 1.29 is 0 Å². The van der Waals surface area contributed by atoms with Gasteiger partial charge in [-0.2, -0.15) is 0 Å². The lowest BCUT2D eigenvalue weighted by Crippen LogP contribution is -2.02. The van der Waals surface area contributed by atoms with E-state index in [2.05, 4.69) is 56.2 Å². The second kappa shape index (κ2) is 4.89. The van der Waals surface area contributed by atoms with E-state index in [0.29, 0.717) is 0 Å². The van der Waals surface area contributed by atoms with Crippen LogP contribution in [-0.2, 0) is 6.54 Å². The van der Waals surface area contributed by atoms with Crippen LogP contribution in [0.15, 0.2) is 24.0 Å². The van der Waals surface area contributed by atoms with Gasteiger partial charge in [-0.3, -0.25) is 0 Å². The molecule has 2 aromatic heterocycles. The lowest BCUT2D eigenvalue weighted by atomic mass is 10.3. The van der Waals surface area contributed by atoms with Crippen molar-refractivity contribution in [3.8, 4) is 0 Å². The van der Waals surface area contributed by atoms with Crippen molar-refractivity contribution in [3.05, 3.63) is 38.0 Å². The number of aromatic nitrogens is 2. The van der Waals surface area contributed by atoms with E-state index in [4.69, 9.17) is 0 Å². The van der Waals surface area contributed by atoms with Crippen LogP contribution in [0, 0.1) is 10.5 Å². The minimum absolute atomic E-state index is 0.830. The van der Waals surface area contributed by atoms with Crippen LogP contribution in [0.25, 0.3) is 0 Å². The van der Waals surface area contributed by atoms with Crippen LogP contribution in [-0.4, -0.2) is 9.97 Å². The molecule has 0 atom stereocenters. The van der Waals surface area contributed by atoms with E-state index < -0.39 is 0 Å². The molecule has 2 rings (SSSR count). The molecule has 0 spiro atoms. The fourth-order valence-corrected chi connectivity index (χ4v) is 2.53. The average molecular weight is 331 g/mol. The molecule has 0 bridgehead atoms. The fourth-order valence-electron chi connectivity index (χ4n) is 1.19. The summed E-state index contributed by atoms with van der Waals surface area (Å²) in [6, 6.07) is 2.13. The molecule has 2 heterocycles. The summed E-state index contributed by atoms with van der Waals surface area (Å²) in [7, 11) is 0. The molecule has 3 nitrogen and oxygen atoms in total. The molecule has 2 aromatic rings. The number of hydrogen-bond acceptors (Lipinski definition) is 4. The number of nitrogens with one attached hydrogen (secondary N) is 1. The SMILES string of the molecule is Cc1ccsc1CNc1ncncc1I. The fraction of sp³-hybridized carbons (Fsp3) is 0.200. The van der Waals surface area contributed by atoms with E-state index in [1.807, 2.05) is 0 Å². The molecule has 0 aromatic carbocycles. The molecule has 0 aliphatic heterocycles. The smallest absolute Gasteiger partial charge is 0.143 e. The minimum atomic E-state index is 0.830. The van der Waals surface area contributed by atoms with E-state index in [1.165, 1.54) is 10.4 Å². The number of thiophene rings is 1. The lowest BCUT2D eigenvalue weighted by Gasteiger charge is -2.05. The Labute approximate surface area is 106 Å². The summed E-state index contributed by atoms with van der Waals surface area (Å²) in [6.07, 6.45) is 3.36. The van der Waals surface area contributed by atoms with Crippen LogP contribution in [0.2, 0.25) is 0 Å². The third kappa shape index (κ3) is 2.66. The lowest BCUT2D eigenvalue weighted by molar-refractivity contribution is 1.08. The monoisotopic (exact) mass is 331 g/mol. The van der Waals surface area contributed by atoms with E-state index in [1.54, 1.807) is 23.9 Å². The van der Waals surface area contributed by atoms with Crippen LogP contribution in [0.4, 0.5) is 5.82 Å². The highest BCUT2D eigenvalue weighted by Gasteiger charge is 2.02. The summed E-state index contributed by atoms with van der Waals surface area (Å²) in [6.45, 7) is 2.95. The van der Waals surface area contributed by atoms with E-state index in [9.17, 15) is 0 Å². The van der Waals surface area contributed by atoms with E-state index >= 15 is 0 Å². The van der Waals surface area contributed by atoms with Crippen LogP contribution in [0.5, 0.6) is 0 Å². The molecule has 5 heteroatoms. The van der Waals surface area contributed by atoms with Gasteiger partial charge in [0.2, 0.25) is 0 Å². The van der Waals surface area contributed by atoms with Gasteiger partial charge in [-0.15, -0.1) is 11.3 Å². The Morgan fingerprint density at radius 3 is 3.07 bits per heavy atom. The number of nitrogens with zero attached hydrogens (tertiary/aromatic N) is 2. The maximum atomic E-state index is 4.18. The Bertz CT molecular complexity index is 455. The minimum Gasteiger partial charge on any atom is -0.364 e. The van der Waals surface area contributed by atoms with Crippen molar-refractivity contribution in [1.29, 1.82) is 0 Å². The summed E-state index contributed by atoms with van der Waals surface area (Å²) >= 11 is 3.99. The van der Waals surface area contributed by atoms with Gasteiger partial charge in [0.1, 0.15) is 12.1 Å². The molecule has 78 valence electrons. The van der Waals surface area contributed by atoms with Gasteiger partial charge in [0.15, 0.2) is 0 Å². The van der Waals surface area contributed by atoms with E-state index in [0.717, 1.165) is 15.9 Å². The van der Waals surface area contributed by atoms with Crippen molar-refractivity contribution in [2.45, 2.75) is 13.5 Å². The number of rotatable bonds is 3. The van der Waals surface area contributed by atoms with Gasteiger partial charge in [-0.05, 0) is 46.5 Å². The molecule has 0 saturated carbocycles. The van der Waals surface area contributed by atoms with Gasteiger partial charge < -0.3 is 5.32 Å². The van der Waals surface area contributed by atoms with Crippen LogP contribution >= 0.6 is 33.9 Å². The second-order valence-electron chi connectivity index (χ2n) is 3.10. The predicted octanol–water partition coefficient (Wildman–Crippen LogP) is 3.06. The summed E-state index contributed by atoms with van der Waals surface area (Å²) < 4.78 is 1.05. The Kier molecular flexibility index (Phi) is 3.53. The normalized spacial score (nSPS) is 10.3. The molecule has 0 saturated heterocycles. The maximum Gasteiger partial charge on any atom is 0.143 e. The van der Waals surface area contributed by atoms with Gasteiger partial charge in [0, 0.05) is 11.1 Å². The Morgan fingerprint density at radius 2 is 2.40 bits per heavy atom. The Hall–Kier alpha value is -0.690. The first-order chi connectivity index (χ1) is 7.27. The molecule has 0 amide bonds. The third-order valence-corrected chi connectivity index (χ3v) is 3.86. The number of aryl methyl sites for hydroxylation is 1. The van der Waals surface area contributed by atoms with Crippen molar-refractivity contribution in [2.75, 3.05) is 5.32 Å². The maximum absolute atomic E-state index is 4.18. The second-order valence-corrected chi connectivity index (χ2v) is 5.26. The molecular formula is C10H10IN3S. The Morgan fingerprint density at radius 1 is 1.53 bits per heavy atom. The molecule has 0 aliphatic rings. The summed E-state index contributed by atoms with van der Waals surface area (Å²) in [5.41, 5.74) is 1.33. The van der Waals surface area contributed by atoms with Crippen LogP contribution < -0.4 is 5.32 Å². The molecule has 1 N–H and O–H groups in total. The zero-order chi connectivity index (χ0) is 10.7. The van der Waals surface area contributed by atoms with Crippen molar-refractivity contribution in [2.24, 2.45) is 0 Å². The molecule has 0 fully saturated rings. The molecule has 0 radical (unpaired) electrons. The molecule has 0 aliphatic carbocycles. The molecular weight excluding hydrogens is 321 g/mol. The van der Waals surface area contributed by atoms with Gasteiger partial charge in [0.05, 0.1) is 10.1 Å². The highest BCUT2D eigenvalue weighted by Crippen LogP contribution is 2.18. The van der Waals surface area contributed by atoms with Gasteiger partial charge in [-0.25, -0.2) is 9.97 Å². The Balaban J connectivity index is 2.06. The highest BCUT2D eigenvalue weighted by molar-refractivity contribution is 14.1. The van der Waals surface area contributed by atoms with Crippen LogP contribution in [0.3, 0.4) is 0 Å². The average Bonchev–Trinajstić information content (AvgIpc) is 2.63. The number of halogens is 1. The summed E-state index contributed by atoms with van der Waals surface area (Å²) in [5, 5.41) is 5.42. The largest absolute Gasteiger partial charge is 0.364 e. The van der Waals surface area contributed by atoms with Crippen LogP contribution in [0.1, 0.15) is 10.4 Å². The quantitative estimate of drug-likeness (QED) is 0.879. The van der Waals surface area contributed by atoms with Gasteiger partial charge >= 0.3 is 0 Å². The topological polar surface area (TPSA) is 37.8 Å². The number of anilines is 1. The first kappa shape index (κ1) is 10.8. The summed E-state index contributed by atoms with van der Waals surface area (Å²) in [5.74, 6) is 0.901. The van der Waals surface area contributed by atoms with Crippen molar-refractivity contribution >= 4 is 39.7 Å². The van der Waals surface area contributed by atoms with Crippen molar-refractivity contribution in [3.63, 3.8) is 0 Å². The first-order valence-electron chi connectivity index (χ1n) is 4.49. The zero-order valence-electron chi connectivity index (χ0n) is 8.20. The third-order valence-electron chi connectivity index (χ3n) is 2.05. The highest BCUT2D eigenvalue weighted by atomic mass is 127. The molecule has 0 unspecified atom stereocenters. The standard InChI is InChI=1S/C10H10IN3S/c1-7-2-3-15-9(7)5-13-10-8(11)4-12-6-14-10/h2-4,6H,5H2,1H3,(H,12,13,14). The van der Waals surface area contributed by atoms with E-state index in [-0.39, 0.29) is 0 Å². The molecule has 15 heavy (non-hydrogen) atoms.